The maximum atomic E-state index is 13.3. The van der Waals surface area contributed by atoms with E-state index in [1.807, 2.05) is 6.07 Å². The van der Waals surface area contributed by atoms with Crippen LogP contribution in [-0.2, 0) is 35.6 Å². The number of benzene rings is 1. The van der Waals surface area contributed by atoms with Crippen molar-refractivity contribution in [3.63, 3.8) is 0 Å². The van der Waals surface area contributed by atoms with Gasteiger partial charge in [-0.05, 0) is 61.1 Å². The number of imidazole rings is 1. The third kappa shape index (κ3) is 3.99. The molecule has 0 atom stereocenters. The van der Waals surface area contributed by atoms with E-state index in [0.717, 1.165) is 41.4 Å². The number of nitrogens with zero attached hydrogens (tertiary/aromatic N) is 3. The number of nitrogens with one attached hydrogen (secondary N) is 1. The first-order valence-electron chi connectivity index (χ1n) is 9.26. The first kappa shape index (κ1) is 19.8. The van der Waals surface area contributed by atoms with Gasteiger partial charge in [0.25, 0.3) is 0 Å². The van der Waals surface area contributed by atoms with E-state index in [9.17, 15) is 21.6 Å². The third-order valence-corrected chi connectivity index (χ3v) is 6.47. The van der Waals surface area contributed by atoms with E-state index in [0.29, 0.717) is 0 Å². The molecule has 2 aromatic heterocycles. The second-order valence-corrected chi connectivity index (χ2v) is 8.73. The minimum atomic E-state index is -4.67. The van der Waals surface area contributed by atoms with Gasteiger partial charge in [-0.3, -0.25) is 0 Å². The molecule has 0 saturated carbocycles. The molecule has 4 rings (SSSR count). The van der Waals surface area contributed by atoms with E-state index in [4.69, 9.17) is 0 Å². The lowest BCUT2D eigenvalue weighted by molar-refractivity contribution is -0.146. The highest BCUT2D eigenvalue weighted by atomic mass is 32.2. The molecule has 0 spiro atoms. The number of fused-ring (bicyclic) bond motifs is 2. The molecular formula is C19H19F3N4O2S. The van der Waals surface area contributed by atoms with Crippen LogP contribution in [0.3, 0.4) is 0 Å². The zero-order valence-electron chi connectivity index (χ0n) is 15.4. The number of aryl methyl sites for hydroxylation is 2. The van der Waals surface area contributed by atoms with Crippen LogP contribution in [0, 0.1) is 0 Å². The van der Waals surface area contributed by atoms with E-state index < -0.39 is 22.0 Å². The molecule has 1 aliphatic rings. The van der Waals surface area contributed by atoms with Crippen molar-refractivity contribution >= 4 is 21.2 Å². The summed E-state index contributed by atoms with van der Waals surface area (Å²) in [6.07, 6.45) is 0.580. The van der Waals surface area contributed by atoms with E-state index >= 15 is 0 Å². The maximum Gasteiger partial charge on any atom is 0.449 e. The summed E-state index contributed by atoms with van der Waals surface area (Å²) in [5.41, 5.74) is 2.34. The molecule has 0 unspecified atom stereocenters. The van der Waals surface area contributed by atoms with Gasteiger partial charge < -0.3 is 4.57 Å². The van der Waals surface area contributed by atoms with Crippen LogP contribution >= 0.6 is 0 Å². The van der Waals surface area contributed by atoms with Crippen molar-refractivity contribution < 1.29 is 21.6 Å². The number of alkyl halides is 3. The van der Waals surface area contributed by atoms with Crippen molar-refractivity contribution in [2.45, 2.75) is 43.3 Å². The van der Waals surface area contributed by atoms with E-state index in [1.54, 1.807) is 12.1 Å². The molecule has 6 nitrogen and oxygen atoms in total. The fraction of sp³-hybridized carbons (Fsp3) is 0.368. The normalized spacial score (nSPS) is 14.9. The lowest BCUT2D eigenvalue weighted by Gasteiger charge is -2.17. The maximum absolute atomic E-state index is 13.3. The monoisotopic (exact) mass is 424 g/mol. The molecule has 10 heteroatoms. The molecule has 0 aliphatic heterocycles. The Morgan fingerprint density at radius 2 is 1.86 bits per heavy atom. The van der Waals surface area contributed by atoms with Gasteiger partial charge in [0.1, 0.15) is 5.52 Å². The van der Waals surface area contributed by atoms with E-state index in [-0.39, 0.29) is 29.1 Å². The summed E-state index contributed by atoms with van der Waals surface area (Å²) in [5.74, 6) is -1.10. The number of aromatic nitrogens is 3. The summed E-state index contributed by atoms with van der Waals surface area (Å²) in [6, 6.07) is 7.95. The lowest BCUT2D eigenvalue weighted by atomic mass is 9.92. The van der Waals surface area contributed by atoms with Crippen LogP contribution in [0.25, 0.3) is 11.2 Å². The fourth-order valence-corrected chi connectivity index (χ4v) is 4.71. The predicted octanol–water partition coefficient (Wildman–Crippen LogP) is 3.31. The third-order valence-electron chi connectivity index (χ3n) is 5.02. The Balaban J connectivity index is 1.54. The second-order valence-electron chi connectivity index (χ2n) is 6.97. The van der Waals surface area contributed by atoms with Gasteiger partial charge in [0.05, 0.1) is 4.90 Å². The van der Waals surface area contributed by atoms with E-state index in [2.05, 4.69) is 14.7 Å². The molecule has 154 valence electrons. The zero-order chi connectivity index (χ0) is 20.6. The second kappa shape index (κ2) is 7.42. The molecule has 0 amide bonds. The van der Waals surface area contributed by atoms with Crippen LogP contribution in [0.15, 0.2) is 41.4 Å². The molecule has 0 radical (unpaired) electrons. The van der Waals surface area contributed by atoms with Gasteiger partial charge in [0.2, 0.25) is 15.8 Å². The molecule has 1 aromatic carbocycles. The Morgan fingerprint density at radius 3 is 2.62 bits per heavy atom. The van der Waals surface area contributed by atoms with E-state index in [1.165, 1.54) is 18.3 Å². The average Bonchev–Trinajstić information content (AvgIpc) is 3.07. The van der Waals surface area contributed by atoms with Crippen LogP contribution in [0.5, 0.6) is 0 Å². The molecule has 0 bridgehead atoms. The quantitative estimate of drug-likeness (QED) is 0.682. The van der Waals surface area contributed by atoms with Crippen molar-refractivity contribution in [1.82, 2.24) is 19.3 Å². The number of rotatable bonds is 5. The predicted molar refractivity (Wildman–Crippen MR) is 101 cm³/mol. The van der Waals surface area contributed by atoms with Crippen LogP contribution in [0.4, 0.5) is 13.2 Å². The standard InChI is InChI=1S/C19H19F3N4O2S/c20-19(21,22)18-25-16-6-3-9-23-17(16)26(18)11-10-24-29(27,28)15-8-7-13-4-1-2-5-14(13)12-15/h3,6-9,12,24H,1-2,4-5,10-11H2. The van der Waals surface area contributed by atoms with Gasteiger partial charge in [0.15, 0.2) is 5.65 Å². The molecule has 29 heavy (non-hydrogen) atoms. The lowest BCUT2D eigenvalue weighted by Crippen LogP contribution is -2.29. The molecule has 0 saturated heterocycles. The van der Waals surface area contributed by atoms with Crippen LogP contribution in [0.1, 0.15) is 29.8 Å². The van der Waals surface area contributed by atoms with Crippen LogP contribution < -0.4 is 4.72 Å². The molecule has 2 heterocycles. The minimum absolute atomic E-state index is 0.0628. The zero-order valence-corrected chi connectivity index (χ0v) is 16.2. The topological polar surface area (TPSA) is 76.9 Å². The Morgan fingerprint density at radius 1 is 1.10 bits per heavy atom. The van der Waals surface area contributed by atoms with Crippen molar-refractivity contribution in [3.8, 4) is 0 Å². The van der Waals surface area contributed by atoms with Gasteiger partial charge in [0, 0.05) is 19.3 Å². The highest BCUT2D eigenvalue weighted by Gasteiger charge is 2.37. The van der Waals surface area contributed by atoms with Crippen molar-refractivity contribution in [2.75, 3.05) is 6.54 Å². The highest BCUT2D eigenvalue weighted by molar-refractivity contribution is 7.89. The largest absolute Gasteiger partial charge is 0.449 e. The Hall–Kier alpha value is -2.46. The summed E-state index contributed by atoms with van der Waals surface area (Å²) in [7, 11) is -3.83. The number of halogens is 3. The minimum Gasteiger partial charge on any atom is -0.304 e. The van der Waals surface area contributed by atoms with Gasteiger partial charge >= 0.3 is 6.18 Å². The van der Waals surface area contributed by atoms with Gasteiger partial charge in [-0.25, -0.2) is 23.1 Å². The Labute approximate surface area is 165 Å². The number of sulfonamides is 1. The summed E-state index contributed by atoms with van der Waals surface area (Å²) in [6.45, 7) is -0.461. The smallest absolute Gasteiger partial charge is 0.304 e. The summed E-state index contributed by atoms with van der Waals surface area (Å²) >= 11 is 0. The molecule has 3 aromatic rings. The average molecular weight is 424 g/mol. The Kier molecular flexibility index (Phi) is 5.07. The van der Waals surface area contributed by atoms with Gasteiger partial charge in [-0.15, -0.1) is 0 Å². The summed E-state index contributed by atoms with van der Waals surface area (Å²) in [5, 5.41) is 0. The number of pyridine rings is 1. The van der Waals surface area contributed by atoms with Crippen LogP contribution in [-0.4, -0.2) is 29.5 Å². The van der Waals surface area contributed by atoms with Crippen molar-refractivity contribution in [1.29, 1.82) is 0 Å². The van der Waals surface area contributed by atoms with Crippen molar-refractivity contribution in [2.24, 2.45) is 0 Å². The Bertz CT molecular complexity index is 1160. The van der Waals surface area contributed by atoms with Gasteiger partial charge in [-0.1, -0.05) is 6.07 Å². The first-order valence-corrected chi connectivity index (χ1v) is 10.7. The summed E-state index contributed by atoms with van der Waals surface area (Å²) in [4.78, 5) is 7.69. The molecule has 1 aliphatic carbocycles. The first-order chi connectivity index (χ1) is 13.8. The number of hydrogen-bond donors (Lipinski definition) is 1. The fourth-order valence-electron chi connectivity index (χ4n) is 3.64. The van der Waals surface area contributed by atoms with Crippen LogP contribution in [0.2, 0.25) is 0 Å². The SMILES string of the molecule is O=S(=O)(NCCn1c(C(F)(F)F)nc2cccnc21)c1ccc2c(c1)CCCC2. The number of hydrogen-bond acceptors (Lipinski definition) is 4. The molecule has 1 N–H and O–H groups in total. The van der Waals surface area contributed by atoms with Gasteiger partial charge in [-0.2, -0.15) is 13.2 Å². The van der Waals surface area contributed by atoms with Crippen molar-refractivity contribution in [3.05, 3.63) is 53.5 Å². The summed E-state index contributed by atoms with van der Waals surface area (Å²) < 4.78 is 68.5. The molecular weight excluding hydrogens is 405 g/mol. The highest BCUT2D eigenvalue weighted by Crippen LogP contribution is 2.30. The molecule has 0 fully saturated rings.